The Bertz CT molecular complexity index is 354. The largest absolute Gasteiger partial charge is 0.416 e. The molecule has 0 fully saturated rings. The molecule has 0 spiro atoms. The van der Waals surface area contributed by atoms with E-state index in [-0.39, 0.29) is 5.63 Å². The van der Waals surface area contributed by atoms with Gasteiger partial charge in [0.2, 0.25) is 0 Å². The highest BCUT2D eigenvalue weighted by molar-refractivity contribution is 7.98. The van der Waals surface area contributed by atoms with Crippen LogP contribution in [0.25, 0.3) is 0 Å². The Morgan fingerprint density at radius 3 is 3.08 bits per heavy atom. The summed E-state index contributed by atoms with van der Waals surface area (Å²) in [4.78, 5) is 11.0. The second kappa shape index (κ2) is 2.98. The Kier molecular flexibility index (Phi) is 1.97. The van der Waals surface area contributed by atoms with Crippen LogP contribution in [0.4, 0.5) is 0 Å². The van der Waals surface area contributed by atoms with Crippen LogP contribution in [0.15, 0.2) is 20.4 Å². The number of hydrogen-bond donors (Lipinski definition) is 0. The van der Waals surface area contributed by atoms with Gasteiger partial charge in [0.1, 0.15) is 0 Å². The van der Waals surface area contributed by atoms with E-state index >= 15 is 0 Å². The van der Waals surface area contributed by atoms with E-state index in [1.54, 1.807) is 6.07 Å². The molecule has 2 rings (SSSR count). The highest BCUT2D eigenvalue weighted by atomic mass is 32.2. The third kappa shape index (κ3) is 1.18. The van der Waals surface area contributed by atoms with Crippen molar-refractivity contribution in [3.63, 3.8) is 0 Å². The number of fused-ring (bicyclic) bond motifs is 1. The maximum absolute atomic E-state index is 11.0. The molecule has 0 radical (unpaired) electrons. The topological polar surface area (TPSA) is 30.2 Å². The van der Waals surface area contributed by atoms with Crippen LogP contribution >= 0.6 is 11.8 Å². The van der Waals surface area contributed by atoms with E-state index in [0.29, 0.717) is 0 Å². The Hall–Kier alpha value is -0.700. The molecule has 0 saturated heterocycles. The van der Waals surface area contributed by atoms with Crippen molar-refractivity contribution in [1.29, 1.82) is 0 Å². The van der Waals surface area contributed by atoms with E-state index in [1.165, 1.54) is 22.9 Å². The van der Waals surface area contributed by atoms with Crippen LogP contribution in [-0.2, 0) is 12.8 Å². The maximum atomic E-state index is 11.0. The summed E-state index contributed by atoms with van der Waals surface area (Å²) in [7, 11) is 0. The maximum Gasteiger partial charge on any atom is 0.336 e. The van der Waals surface area contributed by atoms with Crippen LogP contribution in [0.2, 0.25) is 0 Å². The monoisotopic (exact) mass is 182 g/mol. The fraction of sp³-hybridized carbons (Fsp3) is 0.444. The Morgan fingerprint density at radius 1 is 1.50 bits per heavy atom. The second-order valence-corrected chi connectivity index (χ2v) is 3.69. The molecule has 0 atom stereocenters. The quantitative estimate of drug-likeness (QED) is 0.621. The molecule has 1 aromatic rings. The number of rotatable bonds is 1. The van der Waals surface area contributed by atoms with Gasteiger partial charge < -0.3 is 4.42 Å². The highest BCUT2D eigenvalue weighted by Gasteiger charge is 2.16. The molecule has 0 aliphatic heterocycles. The van der Waals surface area contributed by atoms with Crippen LogP contribution in [-0.4, -0.2) is 6.26 Å². The van der Waals surface area contributed by atoms with Gasteiger partial charge >= 0.3 is 5.63 Å². The normalized spacial score (nSPS) is 14.8. The van der Waals surface area contributed by atoms with Crippen LogP contribution < -0.4 is 5.63 Å². The zero-order chi connectivity index (χ0) is 8.55. The molecule has 1 heterocycles. The fourth-order valence-electron chi connectivity index (χ4n) is 1.65. The molecule has 1 aliphatic rings. The molecule has 12 heavy (non-hydrogen) atoms. The van der Waals surface area contributed by atoms with Crippen molar-refractivity contribution < 1.29 is 4.42 Å². The average Bonchev–Trinajstić information content (AvgIpc) is 2.50. The minimum Gasteiger partial charge on any atom is -0.416 e. The molecular weight excluding hydrogens is 172 g/mol. The summed E-state index contributed by atoms with van der Waals surface area (Å²) in [6, 6.07) is 1.63. The van der Waals surface area contributed by atoms with Gasteiger partial charge in [-0.1, -0.05) is 11.8 Å². The first-order valence-corrected chi connectivity index (χ1v) is 5.23. The Labute approximate surface area is 75.0 Å². The highest BCUT2D eigenvalue weighted by Crippen LogP contribution is 2.28. The first kappa shape index (κ1) is 7.92. The lowest BCUT2D eigenvalue weighted by atomic mass is 10.2. The summed E-state index contributed by atoms with van der Waals surface area (Å²) in [5, 5.41) is 0.815. The van der Waals surface area contributed by atoms with Crippen molar-refractivity contribution in [3.8, 4) is 0 Å². The van der Waals surface area contributed by atoms with Crippen LogP contribution in [0.3, 0.4) is 0 Å². The minimum absolute atomic E-state index is 0.208. The van der Waals surface area contributed by atoms with E-state index in [2.05, 4.69) is 0 Å². The summed E-state index contributed by atoms with van der Waals surface area (Å²) in [6.45, 7) is 0. The van der Waals surface area contributed by atoms with Gasteiger partial charge in [-0.3, -0.25) is 0 Å². The lowest BCUT2D eigenvalue weighted by Gasteiger charge is -2.01. The number of thioether (sulfide) groups is 1. The summed E-state index contributed by atoms with van der Waals surface area (Å²) in [5.74, 6) is 0. The van der Waals surface area contributed by atoms with Crippen molar-refractivity contribution in [2.75, 3.05) is 6.26 Å². The van der Waals surface area contributed by atoms with Crippen LogP contribution in [0.5, 0.6) is 0 Å². The van der Waals surface area contributed by atoms with Gasteiger partial charge in [0.25, 0.3) is 0 Å². The van der Waals surface area contributed by atoms with Gasteiger partial charge in [0, 0.05) is 11.6 Å². The van der Waals surface area contributed by atoms with Crippen molar-refractivity contribution in [3.05, 3.63) is 27.6 Å². The van der Waals surface area contributed by atoms with Gasteiger partial charge in [-0.15, -0.1) is 0 Å². The molecule has 0 bridgehead atoms. The standard InChI is InChI=1S/C9H10O2S/c1-12-9-7-4-2-3-6(7)5-8(10)11-9/h5H,2-4H2,1H3. The van der Waals surface area contributed by atoms with Crippen LogP contribution in [0.1, 0.15) is 17.5 Å². The first-order valence-electron chi connectivity index (χ1n) is 4.01. The number of hydrogen-bond acceptors (Lipinski definition) is 3. The molecule has 3 heteroatoms. The van der Waals surface area contributed by atoms with Crippen LogP contribution in [0, 0.1) is 0 Å². The molecule has 64 valence electrons. The summed E-state index contributed by atoms with van der Waals surface area (Å²) >= 11 is 1.52. The predicted molar refractivity (Wildman–Crippen MR) is 48.8 cm³/mol. The zero-order valence-electron chi connectivity index (χ0n) is 6.92. The smallest absolute Gasteiger partial charge is 0.336 e. The molecule has 0 unspecified atom stereocenters. The Morgan fingerprint density at radius 2 is 2.33 bits per heavy atom. The van der Waals surface area contributed by atoms with Gasteiger partial charge in [-0.25, -0.2) is 4.79 Å². The lowest BCUT2D eigenvalue weighted by Crippen LogP contribution is -2.01. The van der Waals surface area contributed by atoms with Crippen molar-refractivity contribution >= 4 is 11.8 Å². The molecule has 2 nitrogen and oxygen atoms in total. The van der Waals surface area contributed by atoms with Gasteiger partial charge in [-0.2, -0.15) is 0 Å². The van der Waals surface area contributed by atoms with E-state index in [1.807, 2.05) is 6.26 Å². The molecular formula is C9H10O2S. The summed E-state index contributed by atoms with van der Waals surface area (Å²) in [6.07, 6.45) is 5.20. The van der Waals surface area contributed by atoms with Gasteiger partial charge in [-0.05, 0) is 31.1 Å². The average molecular weight is 182 g/mol. The SMILES string of the molecule is CSc1oc(=O)cc2c1CCC2. The Balaban J connectivity index is 2.62. The lowest BCUT2D eigenvalue weighted by molar-refractivity contribution is 0.414. The molecule has 1 aliphatic carbocycles. The van der Waals surface area contributed by atoms with Crippen molar-refractivity contribution in [1.82, 2.24) is 0 Å². The summed E-state index contributed by atoms with van der Waals surface area (Å²) < 4.78 is 5.08. The number of aryl methyl sites for hydroxylation is 1. The third-order valence-corrected chi connectivity index (χ3v) is 2.88. The van der Waals surface area contributed by atoms with Gasteiger partial charge in [0.15, 0.2) is 5.09 Å². The van der Waals surface area contributed by atoms with Gasteiger partial charge in [0.05, 0.1) is 0 Å². The summed E-state index contributed by atoms with van der Waals surface area (Å²) in [5.41, 5.74) is 2.23. The third-order valence-electron chi connectivity index (χ3n) is 2.18. The van der Waals surface area contributed by atoms with Crippen molar-refractivity contribution in [2.45, 2.75) is 24.4 Å². The zero-order valence-corrected chi connectivity index (χ0v) is 7.74. The van der Waals surface area contributed by atoms with E-state index < -0.39 is 0 Å². The molecule has 0 saturated carbocycles. The first-order chi connectivity index (χ1) is 5.81. The van der Waals surface area contributed by atoms with E-state index in [0.717, 1.165) is 24.4 Å². The van der Waals surface area contributed by atoms with E-state index in [9.17, 15) is 4.79 Å². The second-order valence-electron chi connectivity index (χ2n) is 2.91. The predicted octanol–water partition coefficient (Wildman–Crippen LogP) is 1.85. The molecule has 1 aromatic heterocycles. The molecule has 0 aromatic carbocycles. The van der Waals surface area contributed by atoms with E-state index in [4.69, 9.17) is 4.42 Å². The molecule has 0 N–H and O–H groups in total. The van der Waals surface area contributed by atoms with Crippen molar-refractivity contribution in [2.24, 2.45) is 0 Å². The molecule has 0 amide bonds. The minimum atomic E-state index is -0.208. The fourth-order valence-corrected chi connectivity index (χ4v) is 2.29.